The van der Waals surface area contributed by atoms with Crippen LogP contribution in [0.3, 0.4) is 0 Å². The highest BCUT2D eigenvalue weighted by Gasteiger charge is 2.34. The molecule has 0 aromatic rings. The number of hydrogen-bond donors (Lipinski definition) is 0. The summed E-state index contributed by atoms with van der Waals surface area (Å²) in [6, 6.07) is 0. The van der Waals surface area contributed by atoms with Gasteiger partial charge >= 0.3 is 0 Å². The highest BCUT2D eigenvalue weighted by molar-refractivity contribution is 7.84. The Bertz CT molecular complexity index is 283. The van der Waals surface area contributed by atoms with Crippen molar-refractivity contribution in [2.75, 3.05) is 30.9 Å². The Labute approximate surface area is 140 Å². The number of rotatable bonds is 12. The average Bonchev–Trinajstić information content (AvgIpc) is 2.44. The summed E-state index contributed by atoms with van der Waals surface area (Å²) in [5.74, 6) is 0. The summed E-state index contributed by atoms with van der Waals surface area (Å²) in [4.78, 5) is 0. The molecule has 0 saturated heterocycles. The summed E-state index contributed by atoms with van der Waals surface area (Å²) in [5, 5.41) is 0. The zero-order valence-electron chi connectivity index (χ0n) is 15.6. The zero-order chi connectivity index (χ0) is 17.5. The molecule has 0 spiro atoms. The molecule has 0 unspecified atom stereocenters. The van der Waals surface area contributed by atoms with Crippen molar-refractivity contribution >= 4 is 17.4 Å². The third-order valence-corrected chi connectivity index (χ3v) is 9.00. The fourth-order valence-electron chi connectivity index (χ4n) is 2.64. The van der Waals surface area contributed by atoms with Crippen LogP contribution in [-0.2, 0) is 10.1 Å². The summed E-state index contributed by atoms with van der Waals surface area (Å²) >= 11 is 0. The van der Waals surface area contributed by atoms with Gasteiger partial charge in [-0.05, 0) is 25.7 Å². The van der Waals surface area contributed by atoms with E-state index in [0.29, 0.717) is 6.26 Å². The maximum Gasteiger partial charge on any atom is 0.0916 e. The van der Waals surface area contributed by atoms with Gasteiger partial charge in [-0.1, -0.05) is 53.4 Å². The van der Waals surface area contributed by atoms with Gasteiger partial charge in [-0.3, -0.25) is 0 Å². The molecule has 0 saturated carbocycles. The highest BCUT2D eigenvalue weighted by atomic mass is 32.2. The van der Waals surface area contributed by atoms with Crippen LogP contribution < -0.4 is 0 Å². The van der Waals surface area contributed by atoms with Gasteiger partial charge in [-0.15, -0.1) is 0 Å². The molecule has 0 N–H and O–H groups in total. The largest absolute Gasteiger partial charge is 0.748 e. The highest BCUT2D eigenvalue weighted by Crippen LogP contribution is 2.61. The third-order valence-electron chi connectivity index (χ3n) is 3.94. The normalized spacial score (nSPS) is 11.9. The first-order chi connectivity index (χ1) is 10.2. The molecule has 22 heavy (non-hydrogen) atoms. The van der Waals surface area contributed by atoms with Crippen LogP contribution in [0.2, 0.25) is 0 Å². The molecule has 0 radical (unpaired) electrons. The molecule has 0 aromatic carbocycles. The van der Waals surface area contributed by atoms with Gasteiger partial charge < -0.3 is 4.55 Å². The van der Waals surface area contributed by atoms with Crippen molar-refractivity contribution in [1.29, 1.82) is 0 Å². The van der Waals surface area contributed by atoms with E-state index in [1.54, 1.807) is 24.6 Å². The SMILES string of the molecule is CCCC[P+](CCCC)(CCCC)CCCC.CS(=O)(=O)[O-]. The fraction of sp³-hybridized carbons (Fsp3) is 1.00. The van der Waals surface area contributed by atoms with Gasteiger partial charge in [-0.2, -0.15) is 0 Å². The van der Waals surface area contributed by atoms with Gasteiger partial charge in [0.2, 0.25) is 0 Å². The second-order valence-electron chi connectivity index (χ2n) is 6.35. The Balaban J connectivity index is 0. The maximum absolute atomic E-state index is 9.08. The lowest BCUT2D eigenvalue weighted by Crippen LogP contribution is -2.12. The van der Waals surface area contributed by atoms with E-state index in [0.717, 1.165) is 0 Å². The predicted molar refractivity (Wildman–Crippen MR) is 102 cm³/mol. The molecule has 0 aliphatic rings. The first-order valence-corrected chi connectivity index (χ1v) is 13.3. The first kappa shape index (κ1) is 24.6. The average molecular weight is 355 g/mol. The van der Waals surface area contributed by atoms with Crippen molar-refractivity contribution in [2.45, 2.75) is 79.1 Å². The van der Waals surface area contributed by atoms with Crippen molar-refractivity contribution in [1.82, 2.24) is 0 Å². The summed E-state index contributed by atoms with van der Waals surface area (Å²) in [6.45, 7) is 9.42. The lowest BCUT2D eigenvalue weighted by atomic mass is 10.4. The van der Waals surface area contributed by atoms with Crippen molar-refractivity contribution in [3.63, 3.8) is 0 Å². The molecule has 5 heteroatoms. The Hall–Kier alpha value is 0.340. The minimum absolute atomic E-state index is 0.562. The topological polar surface area (TPSA) is 57.2 Å². The molecular weight excluding hydrogens is 315 g/mol. The van der Waals surface area contributed by atoms with Crippen LogP contribution in [0.1, 0.15) is 79.1 Å². The van der Waals surface area contributed by atoms with Crippen molar-refractivity contribution in [3.8, 4) is 0 Å². The van der Waals surface area contributed by atoms with E-state index in [-0.39, 0.29) is 0 Å². The molecule has 0 aromatic heterocycles. The smallest absolute Gasteiger partial charge is 0.0916 e. The van der Waals surface area contributed by atoms with Crippen LogP contribution in [0.5, 0.6) is 0 Å². The number of hydrogen-bond acceptors (Lipinski definition) is 3. The van der Waals surface area contributed by atoms with E-state index in [1.807, 2.05) is 0 Å². The zero-order valence-corrected chi connectivity index (χ0v) is 17.3. The lowest BCUT2D eigenvalue weighted by molar-refractivity contribution is 0.470. The summed E-state index contributed by atoms with van der Waals surface area (Å²) in [7, 11) is -4.48. The summed E-state index contributed by atoms with van der Waals surface area (Å²) < 4.78 is 27.2. The van der Waals surface area contributed by atoms with E-state index < -0.39 is 17.4 Å². The monoisotopic (exact) mass is 354 g/mol. The van der Waals surface area contributed by atoms with Crippen molar-refractivity contribution in [3.05, 3.63) is 0 Å². The van der Waals surface area contributed by atoms with Crippen LogP contribution in [0, 0.1) is 0 Å². The lowest BCUT2D eigenvalue weighted by Gasteiger charge is -2.28. The Morgan fingerprint density at radius 1 is 0.682 bits per heavy atom. The van der Waals surface area contributed by atoms with Crippen molar-refractivity contribution in [2.24, 2.45) is 0 Å². The molecule has 0 rings (SSSR count). The Kier molecular flexibility index (Phi) is 16.7. The molecule has 0 heterocycles. The van der Waals surface area contributed by atoms with Gasteiger partial charge in [0.15, 0.2) is 0 Å². The van der Waals surface area contributed by atoms with Crippen molar-refractivity contribution < 1.29 is 13.0 Å². The van der Waals surface area contributed by atoms with Crippen LogP contribution in [0.15, 0.2) is 0 Å². The molecule has 0 atom stereocenters. The summed E-state index contributed by atoms with van der Waals surface area (Å²) in [6.07, 6.45) is 18.6. The second-order valence-corrected chi connectivity index (χ2v) is 12.2. The third kappa shape index (κ3) is 18.4. The van der Waals surface area contributed by atoms with Gasteiger partial charge in [0.1, 0.15) is 0 Å². The van der Waals surface area contributed by atoms with Gasteiger partial charge in [-0.25, -0.2) is 8.42 Å². The van der Waals surface area contributed by atoms with E-state index >= 15 is 0 Å². The van der Waals surface area contributed by atoms with E-state index in [2.05, 4.69) is 27.7 Å². The van der Waals surface area contributed by atoms with Gasteiger partial charge in [0.05, 0.1) is 34.8 Å². The molecule has 136 valence electrons. The number of unbranched alkanes of at least 4 members (excludes halogenated alkanes) is 4. The van der Waals surface area contributed by atoms with E-state index in [1.165, 1.54) is 51.4 Å². The van der Waals surface area contributed by atoms with E-state index in [4.69, 9.17) is 13.0 Å². The van der Waals surface area contributed by atoms with Crippen LogP contribution in [0.25, 0.3) is 0 Å². The van der Waals surface area contributed by atoms with E-state index in [9.17, 15) is 0 Å². The fourth-order valence-corrected chi connectivity index (χ4v) is 7.93. The van der Waals surface area contributed by atoms with Crippen LogP contribution in [0.4, 0.5) is 0 Å². The minimum atomic E-state index is -3.92. The Morgan fingerprint density at radius 3 is 1.00 bits per heavy atom. The molecule has 0 bridgehead atoms. The molecule has 3 nitrogen and oxygen atoms in total. The molecule has 0 aliphatic carbocycles. The first-order valence-electron chi connectivity index (χ1n) is 9.00. The molecule has 0 amide bonds. The predicted octanol–water partition coefficient (Wildman–Crippen LogP) is 5.37. The minimum Gasteiger partial charge on any atom is -0.748 e. The standard InChI is InChI=1S/C16H36P.CH4O3S/c1-5-9-13-17(14-10-6-2,15-11-7-3)16-12-8-4;1-5(2,3)4/h5-16H2,1-4H3;1H3,(H,2,3,4)/q+1;/p-1. The second kappa shape index (κ2) is 14.9. The summed E-state index contributed by atoms with van der Waals surface area (Å²) in [5.41, 5.74) is 0. The molecule has 0 aliphatic heterocycles. The quantitative estimate of drug-likeness (QED) is 0.350. The van der Waals surface area contributed by atoms with Gasteiger partial charge in [0, 0.05) is 13.5 Å². The van der Waals surface area contributed by atoms with Crippen LogP contribution in [-0.4, -0.2) is 43.9 Å². The molecular formula is C17H39O3PS. The van der Waals surface area contributed by atoms with Gasteiger partial charge in [0.25, 0.3) is 0 Å². The Morgan fingerprint density at radius 2 is 0.864 bits per heavy atom. The molecule has 0 fully saturated rings. The maximum atomic E-state index is 9.08. The van der Waals surface area contributed by atoms with Crippen LogP contribution >= 0.6 is 7.26 Å².